The molecule has 0 unspecified atom stereocenters. The van der Waals surface area contributed by atoms with Crippen LogP contribution in [-0.2, 0) is 6.54 Å². The van der Waals surface area contributed by atoms with Crippen molar-refractivity contribution in [2.75, 3.05) is 11.9 Å². The van der Waals surface area contributed by atoms with E-state index in [0.29, 0.717) is 17.9 Å². The Bertz CT molecular complexity index is 619. The van der Waals surface area contributed by atoms with E-state index < -0.39 is 0 Å². The Hall–Kier alpha value is -1.96. The number of hydrogen-bond acceptors (Lipinski definition) is 6. The summed E-state index contributed by atoms with van der Waals surface area (Å²) in [5.41, 5.74) is 1.11. The molecule has 0 aliphatic heterocycles. The fourth-order valence-corrected chi connectivity index (χ4v) is 2.77. The molecule has 8 heteroatoms. The molecule has 0 bridgehead atoms. The van der Waals surface area contributed by atoms with Crippen molar-refractivity contribution < 1.29 is 4.92 Å². The van der Waals surface area contributed by atoms with Gasteiger partial charge in [0.15, 0.2) is 5.13 Å². The van der Waals surface area contributed by atoms with Crippen molar-refractivity contribution in [3.63, 3.8) is 0 Å². The summed E-state index contributed by atoms with van der Waals surface area (Å²) in [6.45, 7) is 6.86. The van der Waals surface area contributed by atoms with Crippen molar-refractivity contribution in [2.45, 2.75) is 33.7 Å². The smallest absolute Gasteiger partial charge is 0.312 e. The molecular weight excluding hydrogens is 278 g/mol. The molecule has 0 aliphatic rings. The van der Waals surface area contributed by atoms with Crippen molar-refractivity contribution in [1.82, 2.24) is 14.8 Å². The van der Waals surface area contributed by atoms with E-state index in [1.807, 2.05) is 0 Å². The van der Waals surface area contributed by atoms with Gasteiger partial charge in [-0.1, -0.05) is 6.92 Å². The van der Waals surface area contributed by atoms with Gasteiger partial charge in [-0.15, -0.1) is 11.3 Å². The number of anilines is 1. The van der Waals surface area contributed by atoms with E-state index in [-0.39, 0.29) is 10.6 Å². The Morgan fingerprint density at radius 3 is 2.85 bits per heavy atom. The van der Waals surface area contributed by atoms with Gasteiger partial charge in [-0.2, -0.15) is 5.10 Å². The van der Waals surface area contributed by atoms with Gasteiger partial charge < -0.3 is 5.32 Å². The third kappa shape index (κ3) is 2.96. The maximum Gasteiger partial charge on any atom is 0.312 e. The number of thiazole rings is 1. The Balaban J connectivity index is 2.16. The molecule has 0 saturated heterocycles. The summed E-state index contributed by atoms with van der Waals surface area (Å²) in [4.78, 5) is 15.9. The number of nitrogens with one attached hydrogen (secondary N) is 1. The number of aromatic nitrogens is 3. The van der Waals surface area contributed by atoms with Crippen LogP contribution in [0.3, 0.4) is 0 Å². The van der Waals surface area contributed by atoms with Gasteiger partial charge in [0.1, 0.15) is 11.4 Å². The van der Waals surface area contributed by atoms with E-state index in [2.05, 4.69) is 22.3 Å². The van der Waals surface area contributed by atoms with Crippen LogP contribution in [0.1, 0.15) is 29.6 Å². The normalized spacial score (nSPS) is 10.8. The molecule has 2 rings (SSSR count). The van der Waals surface area contributed by atoms with Crippen LogP contribution in [0.5, 0.6) is 0 Å². The average Bonchev–Trinajstić information content (AvgIpc) is 2.93. The highest BCUT2D eigenvalue weighted by Crippen LogP contribution is 2.24. The summed E-state index contributed by atoms with van der Waals surface area (Å²) in [6, 6.07) is 0. The summed E-state index contributed by atoms with van der Waals surface area (Å²) in [5, 5.41) is 19.3. The fourth-order valence-electron chi connectivity index (χ4n) is 1.95. The second-order valence-electron chi connectivity index (χ2n) is 4.49. The first-order chi connectivity index (χ1) is 9.52. The van der Waals surface area contributed by atoms with Crippen LogP contribution in [0, 0.1) is 24.0 Å². The number of nitro groups is 1. The molecular formula is C12H17N5O2S. The maximum absolute atomic E-state index is 11.0. The van der Waals surface area contributed by atoms with Gasteiger partial charge in [0, 0.05) is 17.6 Å². The van der Waals surface area contributed by atoms with Crippen LogP contribution < -0.4 is 5.32 Å². The van der Waals surface area contributed by atoms with Crippen molar-refractivity contribution in [3.05, 3.63) is 32.6 Å². The first-order valence-corrected chi connectivity index (χ1v) is 7.21. The molecule has 108 valence electrons. The molecule has 2 aromatic heterocycles. The highest BCUT2D eigenvalue weighted by molar-refractivity contribution is 7.15. The van der Waals surface area contributed by atoms with E-state index >= 15 is 0 Å². The average molecular weight is 295 g/mol. The van der Waals surface area contributed by atoms with Crippen molar-refractivity contribution >= 4 is 22.2 Å². The van der Waals surface area contributed by atoms with Crippen LogP contribution in [0.15, 0.2) is 6.20 Å². The van der Waals surface area contributed by atoms with Gasteiger partial charge in [-0.25, -0.2) is 4.98 Å². The van der Waals surface area contributed by atoms with Crippen LogP contribution in [0.2, 0.25) is 0 Å². The number of nitrogens with zero attached hydrogens (tertiary/aromatic N) is 4. The van der Waals surface area contributed by atoms with Crippen LogP contribution in [0.25, 0.3) is 0 Å². The van der Waals surface area contributed by atoms with Gasteiger partial charge >= 0.3 is 5.69 Å². The standard InChI is InChI=1S/C12H17N5O2S/c1-4-5-13-12-14-6-10(20-12)7-16-9(3)11(17(18)19)8(2)15-16/h6H,4-5,7H2,1-3H3,(H,13,14). The highest BCUT2D eigenvalue weighted by atomic mass is 32.1. The minimum atomic E-state index is -0.380. The molecule has 0 radical (unpaired) electrons. The van der Waals surface area contributed by atoms with Crippen molar-refractivity contribution in [3.8, 4) is 0 Å². The predicted octanol–water partition coefficient (Wildman–Crippen LogP) is 2.73. The number of hydrogen-bond donors (Lipinski definition) is 1. The van der Waals surface area contributed by atoms with E-state index in [1.165, 1.54) is 0 Å². The Labute approximate surface area is 120 Å². The van der Waals surface area contributed by atoms with E-state index in [9.17, 15) is 10.1 Å². The van der Waals surface area contributed by atoms with Gasteiger partial charge in [0.25, 0.3) is 0 Å². The van der Waals surface area contributed by atoms with E-state index in [0.717, 1.165) is 23.0 Å². The van der Waals surface area contributed by atoms with Crippen LogP contribution in [-0.4, -0.2) is 26.2 Å². The van der Waals surface area contributed by atoms with Crippen LogP contribution >= 0.6 is 11.3 Å². The zero-order valence-electron chi connectivity index (χ0n) is 11.7. The third-order valence-electron chi connectivity index (χ3n) is 2.91. The Morgan fingerprint density at radius 1 is 1.50 bits per heavy atom. The topological polar surface area (TPSA) is 85.9 Å². The monoisotopic (exact) mass is 295 g/mol. The lowest BCUT2D eigenvalue weighted by atomic mass is 10.3. The molecule has 20 heavy (non-hydrogen) atoms. The van der Waals surface area contributed by atoms with E-state index in [1.54, 1.807) is 36.1 Å². The summed E-state index contributed by atoms with van der Waals surface area (Å²) >= 11 is 1.55. The maximum atomic E-state index is 11.0. The zero-order valence-corrected chi connectivity index (χ0v) is 12.5. The van der Waals surface area contributed by atoms with Gasteiger partial charge in [-0.3, -0.25) is 14.8 Å². The lowest BCUT2D eigenvalue weighted by Gasteiger charge is -2.00. The molecule has 0 atom stereocenters. The molecule has 0 saturated carbocycles. The molecule has 0 amide bonds. The van der Waals surface area contributed by atoms with Gasteiger partial charge in [0.2, 0.25) is 0 Å². The molecule has 0 spiro atoms. The van der Waals surface area contributed by atoms with Crippen molar-refractivity contribution in [2.24, 2.45) is 0 Å². The quantitative estimate of drug-likeness (QED) is 0.654. The summed E-state index contributed by atoms with van der Waals surface area (Å²) in [7, 11) is 0. The Morgan fingerprint density at radius 2 is 2.25 bits per heavy atom. The number of aryl methyl sites for hydroxylation is 1. The van der Waals surface area contributed by atoms with Gasteiger partial charge in [-0.05, 0) is 20.3 Å². The molecule has 0 fully saturated rings. The first kappa shape index (κ1) is 14.4. The Kier molecular flexibility index (Phi) is 4.33. The predicted molar refractivity (Wildman–Crippen MR) is 78.4 cm³/mol. The zero-order chi connectivity index (χ0) is 14.7. The van der Waals surface area contributed by atoms with Crippen LogP contribution in [0.4, 0.5) is 10.8 Å². The third-order valence-corrected chi connectivity index (χ3v) is 3.85. The highest BCUT2D eigenvalue weighted by Gasteiger charge is 2.21. The molecule has 0 aromatic carbocycles. The first-order valence-electron chi connectivity index (χ1n) is 6.40. The minimum absolute atomic E-state index is 0.0962. The van der Waals surface area contributed by atoms with E-state index in [4.69, 9.17) is 0 Å². The summed E-state index contributed by atoms with van der Waals surface area (Å²) in [6.07, 6.45) is 2.82. The second kappa shape index (κ2) is 6.00. The second-order valence-corrected chi connectivity index (χ2v) is 5.61. The molecule has 2 heterocycles. The molecule has 7 nitrogen and oxygen atoms in total. The lowest BCUT2D eigenvalue weighted by molar-refractivity contribution is -0.386. The van der Waals surface area contributed by atoms with Gasteiger partial charge in [0.05, 0.1) is 11.5 Å². The number of rotatable bonds is 6. The lowest BCUT2D eigenvalue weighted by Crippen LogP contribution is -2.03. The molecule has 2 aromatic rings. The largest absolute Gasteiger partial charge is 0.362 e. The summed E-state index contributed by atoms with van der Waals surface area (Å²) in [5.74, 6) is 0. The fraction of sp³-hybridized carbons (Fsp3) is 0.500. The van der Waals surface area contributed by atoms with Crippen molar-refractivity contribution in [1.29, 1.82) is 0 Å². The minimum Gasteiger partial charge on any atom is -0.362 e. The summed E-state index contributed by atoms with van der Waals surface area (Å²) < 4.78 is 1.66. The molecule has 1 N–H and O–H groups in total. The SMILES string of the molecule is CCCNc1ncc(Cn2nc(C)c([N+](=O)[O-])c2C)s1. The molecule has 0 aliphatic carbocycles.